The van der Waals surface area contributed by atoms with Gasteiger partial charge >= 0.3 is 6.18 Å². The number of fused-ring (bicyclic) bond motifs is 2. The van der Waals surface area contributed by atoms with Gasteiger partial charge in [-0.15, -0.1) is 0 Å². The molecule has 0 saturated heterocycles. The lowest BCUT2D eigenvalue weighted by Crippen LogP contribution is -2.07. The van der Waals surface area contributed by atoms with E-state index in [1.54, 1.807) is 30.3 Å². The molecule has 1 aromatic carbocycles. The number of hydrogen-bond acceptors (Lipinski definition) is 3. The van der Waals surface area contributed by atoms with E-state index in [0.717, 1.165) is 4.52 Å². The van der Waals surface area contributed by atoms with Crippen LogP contribution in [-0.2, 0) is 6.18 Å². The van der Waals surface area contributed by atoms with E-state index in [9.17, 15) is 18.0 Å². The highest BCUT2D eigenvalue weighted by molar-refractivity contribution is 6.50. The lowest BCUT2D eigenvalue weighted by molar-refractivity contribution is -0.141. The number of ketones is 1. The van der Waals surface area contributed by atoms with Gasteiger partial charge in [0.2, 0.25) is 5.88 Å². The first-order valence-electron chi connectivity index (χ1n) is 8.08. The van der Waals surface area contributed by atoms with Crippen LogP contribution in [0.3, 0.4) is 0 Å². The van der Waals surface area contributed by atoms with E-state index in [1.165, 1.54) is 13.2 Å². The van der Waals surface area contributed by atoms with Gasteiger partial charge in [-0.1, -0.05) is 41.4 Å². The summed E-state index contributed by atoms with van der Waals surface area (Å²) in [7, 11) is 1.33. The summed E-state index contributed by atoms with van der Waals surface area (Å²) in [4.78, 5) is 12.1. The van der Waals surface area contributed by atoms with Crippen LogP contribution in [-0.4, -0.2) is 22.5 Å². The van der Waals surface area contributed by atoms with Crippen molar-refractivity contribution in [3.05, 3.63) is 58.3 Å². The molecule has 2 aromatic heterocycles. The van der Waals surface area contributed by atoms with Gasteiger partial charge in [0.15, 0.2) is 11.5 Å². The van der Waals surface area contributed by atoms with Gasteiger partial charge in [0, 0.05) is 34.2 Å². The number of ether oxygens (including phenoxy) is 1. The number of benzene rings is 1. The topological polar surface area (TPSA) is 43.6 Å². The fourth-order valence-electron chi connectivity index (χ4n) is 3.22. The van der Waals surface area contributed by atoms with Crippen molar-refractivity contribution in [3.8, 4) is 17.0 Å². The molecule has 3 aromatic rings. The molecule has 28 heavy (non-hydrogen) atoms. The summed E-state index contributed by atoms with van der Waals surface area (Å²) in [5.74, 6) is 0.0230. The van der Waals surface area contributed by atoms with E-state index in [1.807, 2.05) is 0 Å². The van der Waals surface area contributed by atoms with Crippen LogP contribution in [0.15, 0.2) is 36.4 Å². The number of Topliss-reactive ketones (excluding diaryl/α,β-unsaturated/α-hetero) is 1. The average molecular weight is 427 g/mol. The third kappa shape index (κ3) is 2.86. The smallest absolute Gasteiger partial charge is 0.436 e. The highest BCUT2D eigenvalue weighted by atomic mass is 35.5. The van der Waals surface area contributed by atoms with Gasteiger partial charge in [0.1, 0.15) is 0 Å². The molecule has 4 rings (SSSR count). The van der Waals surface area contributed by atoms with Crippen molar-refractivity contribution in [1.29, 1.82) is 0 Å². The molecule has 0 amide bonds. The Morgan fingerprint density at radius 3 is 2.50 bits per heavy atom. The van der Waals surface area contributed by atoms with Gasteiger partial charge in [0.25, 0.3) is 0 Å². The van der Waals surface area contributed by atoms with Crippen molar-refractivity contribution in [2.75, 3.05) is 7.11 Å². The molecule has 1 aliphatic carbocycles. The highest BCUT2D eigenvalue weighted by Gasteiger charge is 2.38. The minimum atomic E-state index is -4.72. The zero-order valence-electron chi connectivity index (χ0n) is 14.3. The number of allylic oxidation sites excluding steroid dienone is 1. The highest BCUT2D eigenvalue weighted by Crippen LogP contribution is 2.42. The Bertz CT molecular complexity index is 1170. The Kier molecular flexibility index (Phi) is 4.39. The minimum absolute atomic E-state index is 0.0514. The summed E-state index contributed by atoms with van der Waals surface area (Å²) in [6.07, 6.45) is -2.91. The number of methoxy groups -OCH3 is 1. The van der Waals surface area contributed by atoms with Crippen LogP contribution >= 0.6 is 23.2 Å². The number of rotatable bonds is 2. The number of carbonyl (C=O) groups is 1. The maximum absolute atomic E-state index is 13.3. The molecular weight excluding hydrogens is 416 g/mol. The van der Waals surface area contributed by atoms with Crippen molar-refractivity contribution in [3.63, 3.8) is 0 Å². The molecule has 0 bridgehead atoms. The molecule has 144 valence electrons. The van der Waals surface area contributed by atoms with E-state index in [2.05, 4.69) is 5.10 Å². The third-order valence-electron chi connectivity index (χ3n) is 4.52. The van der Waals surface area contributed by atoms with Crippen LogP contribution in [0.5, 0.6) is 5.88 Å². The predicted molar refractivity (Wildman–Crippen MR) is 100.0 cm³/mol. The lowest BCUT2D eigenvalue weighted by Gasteiger charge is -2.15. The molecule has 0 N–H and O–H groups in total. The summed E-state index contributed by atoms with van der Waals surface area (Å²) >= 11 is 12.3. The second-order valence-electron chi connectivity index (χ2n) is 6.15. The molecule has 2 heterocycles. The number of hydrogen-bond donors (Lipinski definition) is 0. The fraction of sp³-hybridized carbons (Fsp3) is 0.158. The van der Waals surface area contributed by atoms with E-state index in [-0.39, 0.29) is 23.6 Å². The molecule has 0 radical (unpaired) electrons. The zero-order chi connectivity index (χ0) is 20.2. The second-order valence-corrected chi connectivity index (χ2v) is 6.94. The van der Waals surface area contributed by atoms with Gasteiger partial charge < -0.3 is 4.74 Å². The Hall–Kier alpha value is -2.51. The van der Waals surface area contributed by atoms with Gasteiger partial charge in [-0.2, -0.15) is 22.8 Å². The molecule has 4 nitrogen and oxygen atoms in total. The molecule has 0 fully saturated rings. The summed E-state index contributed by atoms with van der Waals surface area (Å²) in [6, 6.07) is 7.99. The molecule has 0 aliphatic heterocycles. The van der Waals surface area contributed by atoms with Crippen molar-refractivity contribution in [2.24, 2.45) is 0 Å². The quantitative estimate of drug-likeness (QED) is 0.516. The van der Waals surface area contributed by atoms with Gasteiger partial charge in [0.05, 0.1) is 17.6 Å². The zero-order valence-corrected chi connectivity index (χ0v) is 15.8. The van der Waals surface area contributed by atoms with E-state index >= 15 is 0 Å². The van der Waals surface area contributed by atoms with Crippen LogP contribution in [0.2, 0.25) is 5.02 Å². The fourth-order valence-corrected chi connectivity index (χ4v) is 3.78. The average Bonchev–Trinajstić information content (AvgIpc) is 3.02. The Morgan fingerprint density at radius 2 is 1.82 bits per heavy atom. The van der Waals surface area contributed by atoms with E-state index in [4.69, 9.17) is 27.9 Å². The number of alkyl halides is 3. The van der Waals surface area contributed by atoms with Crippen LogP contribution in [0.4, 0.5) is 13.2 Å². The number of aromatic nitrogens is 2. The standard InChI is InChI=1S/C19H11Cl2F3N2O2/c1-28-15-7-4-10(17-16(21)18(19(22,23)24)25-26(15)17)9-2-3-11-12(8-9)13(20)5-6-14(11)27/h2-5,7-8H,6H2,1H3. The summed E-state index contributed by atoms with van der Waals surface area (Å²) in [5, 5.41) is 3.48. The van der Waals surface area contributed by atoms with Crippen molar-refractivity contribution in [1.82, 2.24) is 9.61 Å². The Morgan fingerprint density at radius 1 is 1.11 bits per heavy atom. The minimum Gasteiger partial charge on any atom is -0.481 e. The summed E-state index contributed by atoms with van der Waals surface area (Å²) < 4.78 is 46.1. The molecule has 0 saturated carbocycles. The number of nitrogens with zero attached hydrogens (tertiary/aromatic N) is 2. The first-order valence-corrected chi connectivity index (χ1v) is 8.84. The lowest BCUT2D eigenvalue weighted by atomic mass is 9.92. The monoisotopic (exact) mass is 426 g/mol. The van der Waals surface area contributed by atoms with Crippen LogP contribution in [0.25, 0.3) is 21.7 Å². The van der Waals surface area contributed by atoms with Crippen LogP contribution in [0.1, 0.15) is 28.0 Å². The van der Waals surface area contributed by atoms with Crippen LogP contribution < -0.4 is 4.74 Å². The maximum Gasteiger partial charge on any atom is 0.436 e. The van der Waals surface area contributed by atoms with Crippen molar-refractivity contribution < 1.29 is 22.7 Å². The molecular formula is C19H11Cl2F3N2O2. The molecule has 0 unspecified atom stereocenters. The van der Waals surface area contributed by atoms with E-state index < -0.39 is 16.9 Å². The SMILES string of the molecule is COc1ccc(-c2ccc3c(c2)C(Cl)=CCC3=O)c2c(Cl)c(C(F)(F)F)nn12. The predicted octanol–water partition coefficient (Wildman–Crippen LogP) is 5.85. The normalized spacial score (nSPS) is 14.2. The van der Waals surface area contributed by atoms with Gasteiger partial charge in [-0.25, -0.2) is 0 Å². The summed E-state index contributed by atoms with van der Waals surface area (Å²) in [5.41, 5.74) is 0.788. The van der Waals surface area contributed by atoms with Crippen LogP contribution in [0, 0.1) is 0 Å². The number of pyridine rings is 1. The summed E-state index contributed by atoms with van der Waals surface area (Å²) in [6.45, 7) is 0. The molecule has 9 heteroatoms. The second kappa shape index (κ2) is 6.53. The maximum atomic E-state index is 13.3. The van der Waals surface area contributed by atoms with Crippen molar-refractivity contribution >= 4 is 39.5 Å². The first kappa shape index (κ1) is 18.8. The first-order chi connectivity index (χ1) is 13.2. The number of carbonyl (C=O) groups excluding carboxylic acids is 1. The van der Waals surface area contributed by atoms with Gasteiger partial charge in [-0.3, -0.25) is 4.79 Å². The molecule has 0 atom stereocenters. The third-order valence-corrected chi connectivity index (χ3v) is 5.23. The molecule has 0 spiro atoms. The Labute approximate surface area is 167 Å². The molecule has 1 aliphatic rings. The number of halogens is 5. The largest absolute Gasteiger partial charge is 0.481 e. The van der Waals surface area contributed by atoms with Crippen molar-refractivity contribution in [2.45, 2.75) is 12.6 Å². The van der Waals surface area contributed by atoms with E-state index in [0.29, 0.717) is 27.3 Å². The Balaban J connectivity index is 2.01. The van der Waals surface area contributed by atoms with Gasteiger partial charge in [-0.05, 0) is 17.7 Å².